The van der Waals surface area contributed by atoms with Crippen LogP contribution in [0.2, 0.25) is 0 Å². The molecule has 0 spiro atoms. The van der Waals surface area contributed by atoms with Crippen LogP contribution >= 0.6 is 24.0 Å². The van der Waals surface area contributed by atoms with E-state index in [1.54, 1.807) is 25.4 Å². The van der Waals surface area contributed by atoms with Gasteiger partial charge in [0.2, 0.25) is 5.88 Å². The van der Waals surface area contributed by atoms with E-state index in [-0.39, 0.29) is 35.3 Å². The van der Waals surface area contributed by atoms with Crippen LogP contribution in [-0.2, 0) is 6.54 Å². The fourth-order valence-corrected chi connectivity index (χ4v) is 1.96. The Morgan fingerprint density at radius 1 is 1.20 bits per heavy atom. The third kappa shape index (κ3) is 7.68. The van der Waals surface area contributed by atoms with Crippen molar-refractivity contribution in [2.45, 2.75) is 32.9 Å². The first-order chi connectivity index (χ1) is 11.4. The summed E-state index contributed by atoms with van der Waals surface area (Å²) in [6.07, 6.45) is 1.68. The summed E-state index contributed by atoms with van der Waals surface area (Å²) < 4.78 is 18.6. The molecule has 2 N–H and O–H groups in total. The first kappa shape index (κ1) is 21.1. The van der Waals surface area contributed by atoms with Crippen LogP contribution < -0.4 is 15.4 Å². The van der Waals surface area contributed by atoms with Crippen LogP contribution in [0.4, 0.5) is 4.39 Å². The predicted molar refractivity (Wildman–Crippen MR) is 109 cm³/mol. The number of nitrogens with zero attached hydrogens (tertiary/aromatic N) is 2. The van der Waals surface area contributed by atoms with Crippen molar-refractivity contribution in [2.75, 3.05) is 7.05 Å². The molecule has 2 rings (SSSR count). The number of hydrogen-bond donors (Lipinski definition) is 2. The molecule has 0 saturated carbocycles. The van der Waals surface area contributed by atoms with Crippen LogP contribution in [0, 0.1) is 5.82 Å². The summed E-state index contributed by atoms with van der Waals surface area (Å²) in [6, 6.07) is 9.56. The lowest BCUT2D eigenvalue weighted by atomic mass is 10.1. The molecule has 0 amide bonds. The molecular formula is C18H24FIN4O. The number of benzene rings is 1. The van der Waals surface area contributed by atoms with Crippen LogP contribution in [0.15, 0.2) is 47.6 Å². The molecule has 5 nitrogen and oxygen atoms in total. The zero-order valence-corrected chi connectivity index (χ0v) is 17.2. The SMILES string of the molecule is CN=C(NCc1ccnc(Oc2ccc(F)cc2)c1)NC(C)(C)C.I. The minimum atomic E-state index is -0.300. The highest BCUT2D eigenvalue weighted by Gasteiger charge is 2.11. The van der Waals surface area contributed by atoms with Gasteiger partial charge < -0.3 is 15.4 Å². The number of nitrogens with one attached hydrogen (secondary N) is 2. The van der Waals surface area contributed by atoms with Crippen molar-refractivity contribution < 1.29 is 9.13 Å². The van der Waals surface area contributed by atoms with E-state index in [0.717, 1.165) is 11.5 Å². The molecule has 0 bridgehead atoms. The van der Waals surface area contributed by atoms with Crippen molar-refractivity contribution in [3.8, 4) is 11.6 Å². The topological polar surface area (TPSA) is 58.5 Å². The third-order valence-corrected chi connectivity index (χ3v) is 3.01. The molecule has 7 heteroatoms. The van der Waals surface area contributed by atoms with Gasteiger partial charge in [0, 0.05) is 31.4 Å². The van der Waals surface area contributed by atoms with E-state index >= 15 is 0 Å². The maximum absolute atomic E-state index is 12.9. The van der Waals surface area contributed by atoms with Gasteiger partial charge in [0.25, 0.3) is 0 Å². The Balaban J connectivity index is 0.00000312. The van der Waals surface area contributed by atoms with E-state index in [4.69, 9.17) is 4.74 Å². The number of halogens is 2. The fraction of sp³-hybridized carbons (Fsp3) is 0.333. The number of ether oxygens (including phenoxy) is 1. The highest BCUT2D eigenvalue weighted by molar-refractivity contribution is 14.0. The minimum absolute atomic E-state index is 0. The average molecular weight is 458 g/mol. The van der Waals surface area contributed by atoms with Crippen molar-refractivity contribution in [1.29, 1.82) is 0 Å². The van der Waals surface area contributed by atoms with Crippen LogP contribution in [0.5, 0.6) is 11.6 Å². The lowest BCUT2D eigenvalue weighted by molar-refractivity contribution is 0.460. The second kappa shape index (κ2) is 9.55. The van der Waals surface area contributed by atoms with E-state index in [0.29, 0.717) is 18.2 Å². The van der Waals surface area contributed by atoms with Gasteiger partial charge in [0.15, 0.2) is 5.96 Å². The Morgan fingerprint density at radius 3 is 2.48 bits per heavy atom. The molecule has 0 radical (unpaired) electrons. The third-order valence-electron chi connectivity index (χ3n) is 3.01. The number of guanidine groups is 1. The van der Waals surface area contributed by atoms with Crippen molar-refractivity contribution in [2.24, 2.45) is 4.99 Å². The van der Waals surface area contributed by atoms with Gasteiger partial charge >= 0.3 is 0 Å². The van der Waals surface area contributed by atoms with Crippen LogP contribution in [-0.4, -0.2) is 23.5 Å². The highest BCUT2D eigenvalue weighted by Crippen LogP contribution is 2.20. The molecule has 1 aromatic carbocycles. The average Bonchev–Trinajstić information content (AvgIpc) is 2.53. The summed E-state index contributed by atoms with van der Waals surface area (Å²) in [5, 5.41) is 6.54. The largest absolute Gasteiger partial charge is 0.439 e. The molecular weight excluding hydrogens is 434 g/mol. The van der Waals surface area contributed by atoms with Gasteiger partial charge in [0.05, 0.1) is 0 Å². The smallest absolute Gasteiger partial charge is 0.219 e. The molecule has 0 saturated heterocycles. The van der Waals surface area contributed by atoms with Gasteiger partial charge in [-0.1, -0.05) is 0 Å². The quantitative estimate of drug-likeness (QED) is 0.412. The molecule has 25 heavy (non-hydrogen) atoms. The van der Waals surface area contributed by atoms with Gasteiger partial charge in [-0.15, -0.1) is 24.0 Å². The summed E-state index contributed by atoms with van der Waals surface area (Å²) in [5.74, 6) is 1.42. The van der Waals surface area contributed by atoms with Gasteiger partial charge in [-0.3, -0.25) is 4.99 Å². The van der Waals surface area contributed by atoms with Gasteiger partial charge in [-0.05, 0) is 56.7 Å². The Labute approximate surface area is 165 Å². The lowest BCUT2D eigenvalue weighted by Gasteiger charge is -2.23. The summed E-state index contributed by atoms with van der Waals surface area (Å²) in [6.45, 7) is 6.79. The Kier molecular flexibility index (Phi) is 8.08. The van der Waals surface area contributed by atoms with E-state index < -0.39 is 0 Å². The summed E-state index contributed by atoms with van der Waals surface area (Å²) >= 11 is 0. The minimum Gasteiger partial charge on any atom is -0.439 e. The maximum Gasteiger partial charge on any atom is 0.219 e. The highest BCUT2D eigenvalue weighted by atomic mass is 127. The molecule has 136 valence electrons. The molecule has 2 aromatic rings. The molecule has 0 aliphatic heterocycles. The van der Waals surface area contributed by atoms with Crippen molar-refractivity contribution in [1.82, 2.24) is 15.6 Å². The van der Waals surface area contributed by atoms with Gasteiger partial charge in [-0.2, -0.15) is 0 Å². The predicted octanol–water partition coefficient (Wildman–Crippen LogP) is 4.09. The molecule has 1 heterocycles. The number of hydrogen-bond acceptors (Lipinski definition) is 3. The van der Waals surface area contributed by atoms with Crippen molar-refractivity contribution >= 4 is 29.9 Å². The first-order valence-corrected chi connectivity index (χ1v) is 7.73. The fourth-order valence-electron chi connectivity index (χ4n) is 1.96. The summed E-state index contributed by atoms with van der Waals surface area (Å²) in [4.78, 5) is 8.37. The van der Waals surface area contributed by atoms with Crippen LogP contribution in [0.3, 0.4) is 0 Å². The number of aromatic nitrogens is 1. The number of rotatable bonds is 4. The standard InChI is InChI=1S/C18H23FN4O.HI/c1-18(2,3)23-17(20-4)22-12-13-9-10-21-16(11-13)24-15-7-5-14(19)6-8-15;/h5-11H,12H2,1-4H3,(H2,20,22,23);1H. The van der Waals surface area contributed by atoms with Crippen molar-refractivity contribution in [3.05, 3.63) is 54.0 Å². The Bertz CT molecular complexity index is 699. The van der Waals surface area contributed by atoms with Crippen LogP contribution in [0.1, 0.15) is 26.3 Å². The second-order valence-corrected chi connectivity index (χ2v) is 6.36. The number of pyridine rings is 1. The van der Waals surface area contributed by atoms with Gasteiger partial charge in [0.1, 0.15) is 11.6 Å². The van der Waals surface area contributed by atoms with Crippen LogP contribution in [0.25, 0.3) is 0 Å². The molecule has 0 fully saturated rings. The monoisotopic (exact) mass is 458 g/mol. The Morgan fingerprint density at radius 2 is 1.88 bits per heavy atom. The van der Waals surface area contributed by atoms with E-state index in [9.17, 15) is 4.39 Å². The summed E-state index contributed by atoms with van der Waals surface area (Å²) in [5.41, 5.74) is 0.927. The molecule has 0 atom stereocenters. The first-order valence-electron chi connectivity index (χ1n) is 7.73. The lowest BCUT2D eigenvalue weighted by Crippen LogP contribution is -2.47. The van der Waals surface area contributed by atoms with E-state index in [2.05, 4.69) is 41.4 Å². The molecule has 0 unspecified atom stereocenters. The zero-order chi connectivity index (χ0) is 17.6. The number of aliphatic imine (C=N–C) groups is 1. The second-order valence-electron chi connectivity index (χ2n) is 6.36. The van der Waals surface area contributed by atoms with E-state index in [1.807, 2.05) is 12.1 Å². The normalized spacial score (nSPS) is 11.5. The maximum atomic E-state index is 12.9. The van der Waals surface area contributed by atoms with E-state index in [1.165, 1.54) is 12.1 Å². The Hall–Kier alpha value is -1.90. The molecule has 1 aromatic heterocycles. The van der Waals surface area contributed by atoms with Gasteiger partial charge in [-0.25, -0.2) is 9.37 Å². The zero-order valence-electron chi connectivity index (χ0n) is 14.8. The van der Waals surface area contributed by atoms with Crippen molar-refractivity contribution in [3.63, 3.8) is 0 Å². The summed E-state index contributed by atoms with van der Waals surface area (Å²) in [7, 11) is 1.73. The molecule has 0 aliphatic rings. The molecule has 0 aliphatic carbocycles.